The predicted octanol–water partition coefficient (Wildman–Crippen LogP) is 1.75. The smallest absolute Gasteiger partial charge is 0.338 e. The van der Waals surface area contributed by atoms with E-state index in [0.717, 1.165) is 6.07 Å². The summed E-state index contributed by atoms with van der Waals surface area (Å²) in [7, 11) is 0. The Morgan fingerprint density at radius 2 is 2.05 bits per heavy atom. The fraction of sp³-hybridized carbons (Fsp3) is 0.214. The number of aryl methyl sites for hydroxylation is 2. The van der Waals surface area contributed by atoms with Gasteiger partial charge in [-0.15, -0.1) is 0 Å². The van der Waals surface area contributed by atoms with Gasteiger partial charge < -0.3 is 5.11 Å². The lowest BCUT2D eigenvalue weighted by Crippen LogP contribution is -2.24. The molecule has 0 unspecified atom stereocenters. The van der Waals surface area contributed by atoms with Crippen molar-refractivity contribution in [3.05, 3.63) is 63.1 Å². The van der Waals surface area contributed by atoms with Crippen molar-refractivity contribution in [2.75, 3.05) is 0 Å². The summed E-state index contributed by atoms with van der Waals surface area (Å²) >= 11 is 0. The number of rotatable bonds is 3. The van der Waals surface area contributed by atoms with E-state index in [1.807, 2.05) is 0 Å². The van der Waals surface area contributed by atoms with E-state index in [9.17, 15) is 14.0 Å². The molecule has 0 aliphatic rings. The van der Waals surface area contributed by atoms with Crippen LogP contribution in [0.5, 0.6) is 0 Å². The van der Waals surface area contributed by atoms with Crippen molar-refractivity contribution in [2.45, 2.75) is 20.4 Å². The third-order valence-electron chi connectivity index (χ3n) is 2.93. The van der Waals surface area contributed by atoms with Crippen LogP contribution < -0.4 is 5.56 Å². The second kappa shape index (κ2) is 5.24. The molecule has 2 aromatic rings. The highest BCUT2D eigenvalue weighted by Gasteiger charge is 2.12. The van der Waals surface area contributed by atoms with Gasteiger partial charge in [-0.25, -0.2) is 14.2 Å². The summed E-state index contributed by atoms with van der Waals surface area (Å²) in [6, 6.07) is 5.16. The van der Waals surface area contributed by atoms with Gasteiger partial charge in [0.25, 0.3) is 5.56 Å². The Kier molecular flexibility index (Phi) is 3.65. The Balaban J connectivity index is 2.43. The van der Waals surface area contributed by atoms with E-state index in [0.29, 0.717) is 17.1 Å². The lowest BCUT2D eigenvalue weighted by atomic mass is 10.1. The van der Waals surface area contributed by atoms with Crippen molar-refractivity contribution < 1.29 is 14.3 Å². The van der Waals surface area contributed by atoms with Crippen molar-refractivity contribution in [2.24, 2.45) is 0 Å². The molecule has 0 spiro atoms. The highest BCUT2D eigenvalue weighted by molar-refractivity contribution is 5.88. The molecule has 0 saturated heterocycles. The number of benzene rings is 1. The minimum absolute atomic E-state index is 0.151. The second-order valence-electron chi connectivity index (χ2n) is 4.49. The average Bonchev–Trinajstić information content (AvgIpc) is 2.35. The topological polar surface area (TPSA) is 72.2 Å². The Bertz CT molecular complexity index is 738. The molecule has 1 aromatic heterocycles. The first kappa shape index (κ1) is 13.9. The van der Waals surface area contributed by atoms with Crippen LogP contribution in [-0.2, 0) is 6.54 Å². The first-order valence-electron chi connectivity index (χ1n) is 5.95. The van der Waals surface area contributed by atoms with Crippen molar-refractivity contribution in [1.29, 1.82) is 0 Å². The summed E-state index contributed by atoms with van der Waals surface area (Å²) in [6.45, 7) is 3.56. The molecule has 0 fully saturated rings. The zero-order valence-corrected chi connectivity index (χ0v) is 11.1. The molecule has 0 radical (unpaired) electrons. The molecule has 5 nitrogen and oxygen atoms in total. The maximum atomic E-state index is 13.3. The summed E-state index contributed by atoms with van der Waals surface area (Å²) in [5.74, 6) is -1.61. The van der Waals surface area contributed by atoms with Crippen molar-refractivity contribution in [3.8, 4) is 0 Å². The molecule has 2 rings (SSSR count). The van der Waals surface area contributed by atoms with Gasteiger partial charge in [-0.05, 0) is 31.5 Å². The Hall–Kier alpha value is -2.50. The monoisotopic (exact) mass is 276 g/mol. The molecule has 1 aromatic carbocycles. The van der Waals surface area contributed by atoms with E-state index < -0.39 is 17.3 Å². The summed E-state index contributed by atoms with van der Waals surface area (Å²) in [5, 5.41) is 8.88. The molecule has 0 bridgehead atoms. The molecule has 0 amide bonds. The maximum absolute atomic E-state index is 13.3. The fourth-order valence-corrected chi connectivity index (χ4v) is 1.97. The van der Waals surface area contributed by atoms with Gasteiger partial charge in [0.2, 0.25) is 0 Å². The zero-order valence-electron chi connectivity index (χ0n) is 11.1. The third kappa shape index (κ3) is 2.74. The molecule has 1 heterocycles. The molecular weight excluding hydrogens is 263 g/mol. The Morgan fingerprint density at radius 3 is 2.65 bits per heavy atom. The number of halogens is 1. The highest BCUT2D eigenvalue weighted by Crippen LogP contribution is 2.12. The predicted molar refractivity (Wildman–Crippen MR) is 70.4 cm³/mol. The highest BCUT2D eigenvalue weighted by atomic mass is 19.1. The molecule has 1 N–H and O–H groups in total. The van der Waals surface area contributed by atoms with Crippen LogP contribution in [0.15, 0.2) is 29.1 Å². The largest absolute Gasteiger partial charge is 0.478 e. The van der Waals surface area contributed by atoms with Gasteiger partial charge in [0.15, 0.2) is 0 Å². The van der Waals surface area contributed by atoms with Gasteiger partial charge in [-0.2, -0.15) is 0 Å². The first-order chi connectivity index (χ1) is 9.38. The number of carbonyl (C=O) groups is 1. The van der Waals surface area contributed by atoms with Crippen LogP contribution in [0.4, 0.5) is 4.39 Å². The molecule has 0 saturated carbocycles. The number of carboxylic acid groups (broad SMARTS) is 1. The maximum Gasteiger partial charge on any atom is 0.338 e. The molecule has 0 aliphatic carbocycles. The SMILES string of the molecule is Cc1cc(=O)n(Cc2ccc(F)c(C(=O)O)c2)c(C)n1. The van der Waals surface area contributed by atoms with Crippen LogP contribution in [0.25, 0.3) is 0 Å². The lowest BCUT2D eigenvalue weighted by molar-refractivity contribution is 0.0691. The van der Waals surface area contributed by atoms with Crippen LogP contribution in [0.1, 0.15) is 27.4 Å². The van der Waals surface area contributed by atoms with E-state index in [1.165, 1.54) is 22.8 Å². The van der Waals surface area contributed by atoms with Gasteiger partial charge >= 0.3 is 5.97 Å². The number of hydrogen-bond donors (Lipinski definition) is 1. The fourth-order valence-electron chi connectivity index (χ4n) is 1.97. The van der Waals surface area contributed by atoms with E-state index in [1.54, 1.807) is 13.8 Å². The molecule has 0 aliphatic heterocycles. The van der Waals surface area contributed by atoms with Crippen molar-refractivity contribution in [1.82, 2.24) is 9.55 Å². The molecule has 6 heteroatoms. The molecular formula is C14H13FN2O3. The van der Waals surface area contributed by atoms with Crippen LogP contribution >= 0.6 is 0 Å². The third-order valence-corrected chi connectivity index (χ3v) is 2.93. The first-order valence-corrected chi connectivity index (χ1v) is 5.95. The van der Waals surface area contributed by atoms with E-state index in [4.69, 9.17) is 5.11 Å². The minimum Gasteiger partial charge on any atom is -0.478 e. The summed E-state index contributed by atoms with van der Waals surface area (Å²) in [4.78, 5) is 26.9. The Morgan fingerprint density at radius 1 is 1.35 bits per heavy atom. The van der Waals surface area contributed by atoms with E-state index >= 15 is 0 Å². The van der Waals surface area contributed by atoms with Crippen LogP contribution in [-0.4, -0.2) is 20.6 Å². The van der Waals surface area contributed by atoms with E-state index in [-0.39, 0.29) is 12.1 Å². The van der Waals surface area contributed by atoms with Gasteiger partial charge in [-0.3, -0.25) is 9.36 Å². The van der Waals surface area contributed by atoms with Gasteiger partial charge in [0.05, 0.1) is 12.1 Å². The van der Waals surface area contributed by atoms with Crippen LogP contribution in [0.3, 0.4) is 0 Å². The van der Waals surface area contributed by atoms with Gasteiger partial charge in [0, 0.05) is 11.8 Å². The van der Waals surface area contributed by atoms with Crippen molar-refractivity contribution in [3.63, 3.8) is 0 Å². The molecule has 20 heavy (non-hydrogen) atoms. The van der Waals surface area contributed by atoms with Crippen LogP contribution in [0.2, 0.25) is 0 Å². The standard InChI is InChI=1S/C14H13FN2O3/c1-8-5-13(18)17(9(2)16-8)7-10-3-4-12(15)11(6-10)14(19)20/h3-6H,7H2,1-2H3,(H,19,20). The number of carboxylic acids is 1. The second-order valence-corrected chi connectivity index (χ2v) is 4.49. The number of aromatic nitrogens is 2. The number of aromatic carboxylic acids is 1. The average molecular weight is 276 g/mol. The summed E-state index contributed by atoms with van der Waals surface area (Å²) < 4.78 is 14.7. The normalized spacial score (nSPS) is 10.6. The van der Waals surface area contributed by atoms with E-state index in [2.05, 4.69) is 4.98 Å². The van der Waals surface area contributed by atoms with Crippen LogP contribution in [0, 0.1) is 19.7 Å². The summed E-state index contributed by atoms with van der Waals surface area (Å²) in [5.41, 5.74) is 0.512. The Labute approximate surface area is 114 Å². The van der Waals surface area contributed by atoms with Gasteiger partial charge in [-0.1, -0.05) is 6.07 Å². The summed E-state index contributed by atoms with van der Waals surface area (Å²) in [6.07, 6.45) is 0. The molecule has 0 atom stereocenters. The number of nitrogens with zero attached hydrogens (tertiary/aromatic N) is 2. The molecule has 104 valence electrons. The minimum atomic E-state index is -1.34. The van der Waals surface area contributed by atoms with Crippen molar-refractivity contribution >= 4 is 5.97 Å². The lowest BCUT2D eigenvalue weighted by Gasteiger charge is -2.10. The zero-order chi connectivity index (χ0) is 14.9. The van der Waals surface area contributed by atoms with Gasteiger partial charge in [0.1, 0.15) is 11.6 Å². The quantitative estimate of drug-likeness (QED) is 0.927. The number of hydrogen-bond acceptors (Lipinski definition) is 3.